The molecule has 1 atom stereocenters. The first-order chi connectivity index (χ1) is 10.8. The molecule has 1 saturated heterocycles. The summed E-state index contributed by atoms with van der Waals surface area (Å²) in [6.07, 6.45) is 6.25. The van der Waals surface area contributed by atoms with Gasteiger partial charge in [-0.25, -0.2) is 0 Å². The van der Waals surface area contributed by atoms with E-state index >= 15 is 0 Å². The van der Waals surface area contributed by atoms with Gasteiger partial charge in [-0.3, -0.25) is 4.68 Å². The molecule has 22 heavy (non-hydrogen) atoms. The molecule has 1 aliphatic rings. The van der Waals surface area contributed by atoms with Crippen LogP contribution >= 0.6 is 12.2 Å². The minimum atomic E-state index is 0.278. The molecule has 6 heteroatoms. The first kappa shape index (κ1) is 15.0. The third kappa shape index (κ3) is 4.29. The van der Waals surface area contributed by atoms with Crippen molar-refractivity contribution < 1.29 is 4.74 Å². The van der Waals surface area contributed by atoms with E-state index in [1.54, 1.807) is 6.20 Å². The van der Waals surface area contributed by atoms with Crippen LogP contribution in [0.2, 0.25) is 0 Å². The maximum absolute atomic E-state index is 5.56. The predicted octanol–water partition coefficient (Wildman–Crippen LogP) is 2.40. The van der Waals surface area contributed by atoms with E-state index in [1.807, 2.05) is 29.1 Å². The number of hydrogen-bond acceptors (Lipinski definition) is 3. The highest BCUT2D eigenvalue weighted by molar-refractivity contribution is 7.80. The Balaban J connectivity index is 1.47. The Bertz CT molecular complexity index is 608. The Morgan fingerprint density at radius 2 is 2.23 bits per heavy atom. The standard InChI is InChI=1S/C16H20N4OS/c22-16(17-10-15-7-4-8-21-15)19-14-9-18-20(12-14)11-13-5-2-1-3-6-13/h1-3,5-6,9,12,15H,4,7-8,10-11H2,(H2,17,19,22)/t15-/m0/s1. The second-order valence-corrected chi connectivity index (χ2v) is 5.79. The summed E-state index contributed by atoms with van der Waals surface area (Å²) in [6, 6.07) is 10.2. The van der Waals surface area contributed by atoms with E-state index < -0.39 is 0 Å². The van der Waals surface area contributed by atoms with Crippen molar-refractivity contribution in [2.75, 3.05) is 18.5 Å². The second-order valence-electron chi connectivity index (χ2n) is 5.38. The zero-order valence-electron chi connectivity index (χ0n) is 12.4. The van der Waals surface area contributed by atoms with Crippen LogP contribution in [0.25, 0.3) is 0 Å². The van der Waals surface area contributed by atoms with Crippen molar-refractivity contribution in [1.82, 2.24) is 15.1 Å². The molecule has 0 saturated carbocycles. The number of nitrogens with zero attached hydrogens (tertiary/aromatic N) is 2. The molecule has 2 N–H and O–H groups in total. The van der Waals surface area contributed by atoms with E-state index in [2.05, 4.69) is 27.9 Å². The van der Waals surface area contributed by atoms with Gasteiger partial charge in [-0.2, -0.15) is 5.10 Å². The lowest BCUT2D eigenvalue weighted by Crippen LogP contribution is -2.34. The Hall–Kier alpha value is -1.92. The molecule has 116 valence electrons. The highest BCUT2D eigenvalue weighted by Gasteiger charge is 2.15. The van der Waals surface area contributed by atoms with Crippen molar-refractivity contribution in [3.05, 3.63) is 48.3 Å². The number of ether oxygens (including phenoxy) is 1. The fraction of sp³-hybridized carbons (Fsp3) is 0.375. The molecule has 1 aromatic heterocycles. The number of nitrogens with one attached hydrogen (secondary N) is 2. The van der Waals surface area contributed by atoms with Crippen molar-refractivity contribution in [3.8, 4) is 0 Å². The van der Waals surface area contributed by atoms with Crippen molar-refractivity contribution in [2.24, 2.45) is 0 Å². The summed E-state index contributed by atoms with van der Waals surface area (Å²) in [5, 5.41) is 11.3. The van der Waals surface area contributed by atoms with Crippen LogP contribution < -0.4 is 10.6 Å². The largest absolute Gasteiger partial charge is 0.376 e. The Labute approximate surface area is 135 Å². The minimum Gasteiger partial charge on any atom is -0.376 e. The molecular weight excluding hydrogens is 296 g/mol. The molecule has 1 fully saturated rings. The van der Waals surface area contributed by atoms with Crippen LogP contribution in [0.5, 0.6) is 0 Å². The van der Waals surface area contributed by atoms with Gasteiger partial charge in [-0.1, -0.05) is 30.3 Å². The average Bonchev–Trinajstić information content (AvgIpc) is 3.18. The first-order valence-electron chi connectivity index (χ1n) is 7.52. The highest BCUT2D eigenvalue weighted by atomic mass is 32.1. The van der Waals surface area contributed by atoms with E-state index in [0.29, 0.717) is 5.11 Å². The maximum Gasteiger partial charge on any atom is 0.170 e. The lowest BCUT2D eigenvalue weighted by Gasteiger charge is -2.13. The molecule has 0 spiro atoms. The summed E-state index contributed by atoms with van der Waals surface area (Å²) in [7, 11) is 0. The van der Waals surface area contributed by atoms with Gasteiger partial charge in [0.2, 0.25) is 0 Å². The average molecular weight is 316 g/mol. The molecule has 0 unspecified atom stereocenters. The number of rotatable bonds is 5. The van der Waals surface area contributed by atoms with Crippen molar-refractivity contribution in [1.29, 1.82) is 0 Å². The molecule has 0 amide bonds. The van der Waals surface area contributed by atoms with E-state index in [0.717, 1.165) is 38.2 Å². The molecular formula is C16H20N4OS. The summed E-state index contributed by atoms with van der Waals surface area (Å²) >= 11 is 5.29. The number of aromatic nitrogens is 2. The predicted molar refractivity (Wildman–Crippen MR) is 91.0 cm³/mol. The summed E-state index contributed by atoms with van der Waals surface area (Å²) < 4.78 is 7.45. The molecule has 1 aromatic carbocycles. The number of benzene rings is 1. The minimum absolute atomic E-state index is 0.278. The van der Waals surface area contributed by atoms with Gasteiger partial charge in [0, 0.05) is 19.3 Å². The zero-order valence-corrected chi connectivity index (χ0v) is 13.2. The van der Waals surface area contributed by atoms with Crippen molar-refractivity contribution in [2.45, 2.75) is 25.5 Å². The molecule has 1 aliphatic heterocycles. The van der Waals surface area contributed by atoms with Crippen molar-refractivity contribution in [3.63, 3.8) is 0 Å². The normalized spacial score (nSPS) is 17.4. The van der Waals surface area contributed by atoms with Crippen LogP contribution in [0.1, 0.15) is 18.4 Å². The quantitative estimate of drug-likeness (QED) is 0.830. The first-order valence-corrected chi connectivity index (χ1v) is 7.93. The van der Waals surface area contributed by atoms with Gasteiger partial charge in [-0.15, -0.1) is 0 Å². The third-order valence-electron chi connectivity index (χ3n) is 3.59. The van der Waals surface area contributed by atoms with Crippen molar-refractivity contribution >= 4 is 23.0 Å². The lowest BCUT2D eigenvalue weighted by molar-refractivity contribution is 0.114. The van der Waals surface area contributed by atoms with E-state index in [4.69, 9.17) is 17.0 Å². The Morgan fingerprint density at radius 1 is 1.36 bits per heavy atom. The molecule has 3 rings (SSSR count). The summed E-state index contributed by atoms with van der Waals surface area (Å²) in [6.45, 7) is 2.36. The number of anilines is 1. The number of hydrogen-bond donors (Lipinski definition) is 2. The Kier molecular flexibility index (Phi) is 5.03. The van der Waals surface area contributed by atoms with Gasteiger partial charge < -0.3 is 15.4 Å². The molecule has 0 bridgehead atoms. The highest BCUT2D eigenvalue weighted by Crippen LogP contribution is 2.11. The Morgan fingerprint density at radius 3 is 3.00 bits per heavy atom. The summed E-state index contributed by atoms with van der Waals surface area (Å²) in [5.74, 6) is 0. The molecule has 2 heterocycles. The van der Waals surface area contributed by atoms with Gasteiger partial charge in [0.1, 0.15) is 0 Å². The monoisotopic (exact) mass is 316 g/mol. The van der Waals surface area contributed by atoms with Crippen LogP contribution in [0.3, 0.4) is 0 Å². The van der Waals surface area contributed by atoms with Crippen LogP contribution in [-0.2, 0) is 11.3 Å². The summed E-state index contributed by atoms with van der Waals surface area (Å²) in [5.41, 5.74) is 2.11. The maximum atomic E-state index is 5.56. The van der Waals surface area contributed by atoms with Gasteiger partial charge in [0.25, 0.3) is 0 Å². The molecule has 5 nitrogen and oxygen atoms in total. The SMILES string of the molecule is S=C(NC[C@@H]1CCCO1)Nc1cnn(Cc2ccccc2)c1. The zero-order chi connectivity index (χ0) is 15.2. The fourth-order valence-electron chi connectivity index (χ4n) is 2.47. The van der Waals surface area contributed by atoms with Gasteiger partial charge in [-0.05, 0) is 30.6 Å². The molecule has 0 radical (unpaired) electrons. The topological polar surface area (TPSA) is 51.1 Å². The van der Waals surface area contributed by atoms with E-state index in [1.165, 1.54) is 5.56 Å². The lowest BCUT2D eigenvalue weighted by atomic mass is 10.2. The second kappa shape index (κ2) is 7.38. The van der Waals surface area contributed by atoms with Crippen LogP contribution in [-0.4, -0.2) is 34.1 Å². The third-order valence-corrected chi connectivity index (χ3v) is 3.84. The van der Waals surface area contributed by atoms with Gasteiger partial charge >= 0.3 is 0 Å². The van der Waals surface area contributed by atoms with Gasteiger partial charge in [0.15, 0.2) is 5.11 Å². The molecule has 0 aliphatic carbocycles. The summed E-state index contributed by atoms with van der Waals surface area (Å²) in [4.78, 5) is 0. The van der Waals surface area contributed by atoms with Crippen LogP contribution in [0.4, 0.5) is 5.69 Å². The fourth-order valence-corrected chi connectivity index (χ4v) is 2.67. The van der Waals surface area contributed by atoms with E-state index in [-0.39, 0.29) is 6.10 Å². The van der Waals surface area contributed by atoms with Crippen LogP contribution in [0.15, 0.2) is 42.7 Å². The number of thiocarbonyl (C=S) groups is 1. The van der Waals surface area contributed by atoms with Crippen LogP contribution in [0, 0.1) is 0 Å². The molecule has 2 aromatic rings. The van der Waals surface area contributed by atoms with E-state index in [9.17, 15) is 0 Å². The smallest absolute Gasteiger partial charge is 0.170 e. The van der Waals surface area contributed by atoms with Gasteiger partial charge in [0.05, 0.1) is 24.5 Å².